The zero-order valence-corrected chi connectivity index (χ0v) is 17.7. The molecule has 33 heavy (non-hydrogen) atoms. The molecule has 1 aliphatic heterocycles. The molecule has 3 aromatic carbocycles. The van der Waals surface area contributed by atoms with E-state index in [-0.39, 0.29) is 11.3 Å². The van der Waals surface area contributed by atoms with Crippen molar-refractivity contribution in [2.75, 3.05) is 0 Å². The van der Waals surface area contributed by atoms with E-state index < -0.39 is 11.5 Å². The highest BCUT2D eigenvalue weighted by Crippen LogP contribution is 2.31. The van der Waals surface area contributed by atoms with E-state index in [0.717, 1.165) is 18.4 Å². The normalized spacial score (nSPS) is 12.7. The fourth-order valence-electron chi connectivity index (χ4n) is 4.13. The Morgan fingerprint density at radius 2 is 1.82 bits per heavy atom. The van der Waals surface area contributed by atoms with Gasteiger partial charge in [0.25, 0.3) is 11.5 Å². The second-order valence-electron chi connectivity index (χ2n) is 7.75. The highest BCUT2D eigenvalue weighted by molar-refractivity contribution is 6.03. The number of amides is 1. The summed E-state index contributed by atoms with van der Waals surface area (Å²) in [7, 11) is 0. The molecule has 1 amide bonds. The van der Waals surface area contributed by atoms with Crippen molar-refractivity contribution in [2.24, 2.45) is 5.10 Å². The van der Waals surface area contributed by atoms with E-state index in [2.05, 4.69) is 10.5 Å². The highest BCUT2D eigenvalue weighted by atomic mass is 16.5. The largest absolute Gasteiger partial charge is 0.506 e. The number of aromatic hydroxyl groups is 1. The van der Waals surface area contributed by atoms with Crippen LogP contribution in [-0.4, -0.2) is 21.8 Å². The van der Waals surface area contributed by atoms with Crippen LogP contribution in [0.25, 0.3) is 10.9 Å². The fraction of sp³-hybridized carbons (Fsp3) is 0.115. The van der Waals surface area contributed by atoms with E-state index in [0.29, 0.717) is 34.5 Å². The number of ether oxygens (including phenoxy) is 1. The Morgan fingerprint density at radius 1 is 1.03 bits per heavy atom. The maximum Gasteiger partial charge on any atom is 0.280 e. The van der Waals surface area contributed by atoms with Gasteiger partial charge >= 0.3 is 0 Å². The van der Waals surface area contributed by atoms with Crippen LogP contribution in [0.5, 0.6) is 17.2 Å². The van der Waals surface area contributed by atoms with Crippen LogP contribution >= 0.6 is 0 Å². The highest BCUT2D eigenvalue weighted by Gasteiger charge is 2.24. The maximum absolute atomic E-state index is 13.0. The summed E-state index contributed by atoms with van der Waals surface area (Å²) in [5, 5.41) is 15.2. The molecular weight excluding hydrogens is 418 g/mol. The molecule has 0 saturated carbocycles. The van der Waals surface area contributed by atoms with Crippen LogP contribution in [0.2, 0.25) is 0 Å². The molecule has 1 aliphatic rings. The first-order valence-electron chi connectivity index (χ1n) is 10.7. The molecule has 0 bridgehead atoms. The van der Waals surface area contributed by atoms with E-state index in [1.807, 2.05) is 54.6 Å². The first-order chi connectivity index (χ1) is 16.1. The summed E-state index contributed by atoms with van der Waals surface area (Å²) in [6, 6.07) is 22.0. The minimum absolute atomic E-state index is 0.312. The second kappa shape index (κ2) is 8.63. The van der Waals surface area contributed by atoms with Crippen LogP contribution in [0.15, 0.2) is 82.7 Å². The van der Waals surface area contributed by atoms with Crippen LogP contribution in [0, 0.1) is 0 Å². The van der Waals surface area contributed by atoms with Crippen molar-refractivity contribution in [2.45, 2.75) is 19.4 Å². The van der Waals surface area contributed by atoms with Gasteiger partial charge in [0.2, 0.25) is 0 Å². The first kappa shape index (κ1) is 20.5. The molecule has 0 atom stereocenters. The molecule has 0 aliphatic carbocycles. The number of hydrazone groups is 1. The summed E-state index contributed by atoms with van der Waals surface area (Å²) >= 11 is 0. The SMILES string of the molecule is O=C(NN=Cc1ccccc1Oc1ccccc1)c1c(O)c2cccc3c2n(c1=O)CCC3. The number of hydrogen-bond acceptors (Lipinski definition) is 5. The Hall–Kier alpha value is -4.39. The van der Waals surface area contributed by atoms with Crippen molar-refractivity contribution in [3.05, 3.63) is 99.8 Å². The molecule has 7 nitrogen and oxygen atoms in total. The van der Waals surface area contributed by atoms with Gasteiger partial charge in [0.1, 0.15) is 22.8 Å². The van der Waals surface area contributed by atoms with Gasteiger partial charge in [-0.2, -0.15) is 5.10 Å². The third kappa shape index (κ3) is 3.85. The number of aryl methyl sites for hydroxylation is 2. The lowest BCUT2D eigenvalue weighted by molar-refractivity contribution is 0.0950. The quantitative estimate of drug-likeness (QED) is 0.360. The molecule has 0 fully saturated rings. The van der Waals surface area contributed by atoms with Crippen molar-refractivity contribution in [1.82, 2.24) is 9.99 Å². The summed E-state index contributed by atoms with van der Waals surface area (Å²) in [6.45, 7) is 0.500. The minimum Gasteiger partial charge on any atom is -0.506 e. The summed E-state index contributed by atoms with van der Waals surface area (Å²) in [5.41, 5.74) is 3.86. The summed E-state index contributed by atoms with van der Waals surface area (Å²) < 4.78 is 7.45. The van der Waals surface area contributed by atoms with E-state index in [1.54, 1.807) is 22.8 Å². The molecule has 0 unspecified atom stereocenters. The molecule has 164 valence electrons. The maximum atomic E-state index is 13.0. The van der Waals surface area contributed by atoms with Crippen LogP contribution in [0.4, 0.5) is 0 Å². The Labute approximate surface area is 189 Å². The predicted octanol–water partition coefficient (Wildman–Crippen LogP) is 4.21. The summed E-state index contributed by atoms with van der Waals surface area (Å²) in [6.07, 6.45) is 3.07. The zero-order valence-electron chi connectivity index (χ0n) is 17.7. The molecule has 1 aromatic heterocycles. The lowest BCUT2D eigenvalue weighted by Gasteiger charge is -2.21. The number of hydrogen-bond donors (Lipinski definition) is 2. The third-order valence-electron chi connectivity index (χ3n) is 5.66. The fourth-order valence-corrected chi connectivity index (χ4v) is 4.13. The number of carbonyl (C=O) groups excluding carboxylic acids is 1. The molecule has 0 saturated heterocycles. The van der Waals surface area contributed by atoms with E-state index in [4.69, 9.17) is 4.74 Å². The van der Waals surface area contributed by atoms with Crippen LogP contribution < -0.4 is 15.7 Å². The molecule has 2 heterocycles. The molecule has 0 radical (unpaired) electrons. The smallest absolute Gasteiger partial charge is 0.280 e. The van der Waals surface area contributed by atoms with E-state index in [1.165, 1.54) is 6.21 Å². The van der Waals surface area contributed by atoms with Gasteiger partial charge in [0.15, 0.2) is 0 Å². The number of para-hydroxylation sites is 3. The number of nitrogens with one attached hydrogen (secondary N) is 1. The van der Waals surface area contributed by atoms with Crippen LogP contribution in [0.3, 0.4) is 0 Å². The Morgan fingerprint density at radius 3 is 2.67 bits per heavy atom. The minimum atomic E-state index is -0.767. The average Bonchev–Trinajstić information content (AvgIpc) is 2.84. The lowest BCUT2D eigenvalue weighted by atomic mass is 9.99. The Kier molecular flexibility index (Phi) is 5.36. The summed E-state index contributed by atoms with van der Waals surface area (Å²) in [5.74, 6) is 0.143. The van der Waals surface area contributed by atoms with Crippen LogP contribution in [-0.2, 0) is 13.0 Å². The third-order valence-corrected chi connectivity index (χ3v) is 5.66. The van der Waals surface area contributed by atoms with Crippen molar-refractivity contribution in [3.63, 3.8) is 0 Å². The van der Waals surface area contributed by atoms with Gasteiger partial charge in [0.05, 0.1) is 11.7 Å². The van der Waals surface area contributed by atoms with E-state index >= 15 is 0 Å². The van der Waals surface area contributed by atoms with Gasteiger partial charge in [-0.05, 0) is 48.7 Å². The average molecular weight is 439 g/mol. The van der Waals surface area contributed by atoms with Gasteiger partial charge in [-0.1, -0.05) is 42.5 Å². The monoisotopic (exact) mass is 439 g/mol. The van der Waals surface area contributed by atoms with Gasteiger partial charge in [0, 0.05) is 17.5 Å². The number of pyridine rings is 1. The number of benzene rings is 3. The molecule has 5 rings (SSSR count). The zero-order chi connectivity index (χ0) is 22.8. The lowest BCUT2D eigenvalue weighted by Crippen LogP contribution is -2.33. The van der Waals surface area contributed by atoms with Crippen LogP contribution in [0.1, 0.15) is 27.9 Å². The van der Waals surface area contributed by atoms with Gasteiger partial charge < -0.3 is 14.4 Å². The Balaban J connectivity index is 1.43. The van der Waals surface area contributed by atoms with Gasteiger partial charge in [-0.3, -0.25) is 9.59 Å². The second-order valence-corrected chi connectivity index (χ2v) is 7.75. The predicted molar refractivity (Wildman–Crippen MR) is 126 cm³/mol. The van der Waals surface area contributed by atoms with Gasteiger partial charge in [-0.15, -0.1) is 0 Å². The van der Waals surface area contributed by atoms with E-state index in [9.17, 15) is 14.7 Å². The molecule has 0 spiro atoms. The first-order valence-corrected chi connectivity index (χ1v) is 10.7. The Bertz CT molecular complexity index is 1440. The standard InChI is InChI=1S/C26H21N3O4/c30-24-20-13-6-9-17-10-7-15-29(23(17)20)26(32)22(24)25(31)28-27-16-18-8-4-5-14-21(18)33-19-11-2-1-3-12-19/h1-6,8-9,11-14,16,30H,7,10,15H2,(H,28,31). The molecule has 4 aromatic rings. The van der Waals surface area contributed by atoms with Gasteiger partial charge in [-0.25, -0.2) is 5.43 Å². The number of rotatable bonds is 5. The number of nitrogens with zero attached hydrogens (tertiary/aromatic N) is 2. The summed E-state index contributed by atoms with van der Waals surface area (Å²) in [4.78, 5) is 25.9. The van der Waals surface area contributed by atoms with Crippen molar-refractivity contribution < 1.29 is 14.6 Å². The van der Waals surface area contributed by atoms with Crippen molar-refractivity contribution in [3.8, 4) is 17.2 Å². The molecular formula is C26H21N3O4. The van der Waals surface area contributed by atoms with Crippen molar-refractivity contribution >= 4 is 23.0 Å². The number of carbonyl (C=O) groups is 1. The topological polar surface area (TPSA) is 92.9 Å². The molecule has 2 N–H and O–H groups in total. The number of aromatic nitrogens is 1. The van der Waals surface area contributed by atoms with Crippen molar-refractivity contribution in [1.29, 1.82) is 0 Å². The molecule has 7 heteroatoms.